The van der Waals surface area contributed by atoms with E-state index in [1.165, 1.54) is 4.90 Å². The Kier molecular flexibility index (Phi) is 5.60. The molecule has 1 atom stereocenters. The van der Waals surface area contributed by atoms with E-state index in [0.717, 1.165) is 12.1 Å². The molecule has 0 saturated carbocycles. The molecule has 8 heteroatoms. The zero-order valence-corrected chi connectivity index (χ0v) is 16.6. The maximum Gasteiger partial charge on any atom is 0.295 e. The van der Waals surface area contributed by atoms with Gasteiger partial charge in [0.1, 0.15) is 5.76 Å². The van der Waals surface area contributed by atoms with Crippen molar-refractivity contribution in [2.24, 2.45) is 0 Å². The van der Waals surface area contributed by atoms with Crippen molar-refractivity contribution in [1.29, 1.82) is 0 Å². The second-order valence-electron chi connectivity index (χ2n) is 7.24. The summed E-state index contributed by atoms with van der Waals surface area (Å²) in [5.74, 6) is -1.47. The van der Waals surface area contributed by atoms with Crippen LogP contribution in [0.15, 0.2) is 30.1 Å². The predicted octanol–water partition coefficient (Wildman–Crippen LogP) is 1.79. The van der Waals surface area contributed by atoms with E-state index in [1.807, 2.05) is 19.0 Å². The summed E-state index contributed by atoms with van der Waals surface area (Å²) in [6.07, 6.45) is 3.94. The number of nitrogens with zero attached hydrogens (tertiary/aromatic N) is 4. The largest absolute Gasteiger partial charge is 0.507 e. The molecular weight excluding hydrogens is 358 g/mol. The van der Waals surface area contributed by atoms with Crippen LogP contribution < -0.4 is 0 Å². The summed E-state index contributed by atoms with van der Waals surface area (Å²) in [5, 5.41) is 17.9. The Morgan fingerprint density at radius 2 is 1.93 bits per heavy atom. The predicted molar refractivity (Wildman–Crippen MR) is 104 cm³/mol. The molecule has 0 spiro atoms. The second-order valence-corrected chi connectivity index (χ2v) is 7.24. The highest BCUT2D eigenvalue weighted by Gasteiger charge is 2.46. The first-order valence-corrected chi connectivity index (χ1v) is 9.18. The van der Waals surface area contributed by atoms with E-state index in [1.54, 1.807) is 38.4 Å². The summed E-state index contributed by atoms with van der Waals surface area (Å²) < 4.78 is 0. The topological polar surface area (TPSA) is 102 Å². The molecule has 0 aromatic carbocycles. The van der Waals surface area contributed by atoms with Crippen molar-refractivity contribution in [2.75, 3.05) is 27.2 Å². The molecule has 1 fully saturated rings. The summed E-state index contributed by atoms with van der Waals surface area (Å²) >= 11 is 0. The number of aromatic amines is 1. The number of Topliss-reactive ketones (excluding diaryl/α,β-unsaturated/α-hetero) is 1. The first-order valence-electron chi connectivity index (χ1n) is 9.18. The number of aromatic nitrogens is 3. The van der Waals surface area contributed by atoms with Crippen molar-refractivity contribution in [2.45, 2.75) is 26.3 Å². The molecule has 28 heavy (non-hydrogen) atoms. The number of hydrogen-bond donors (Lipinski definition) is 2. The van der Waals surface area contributed by atoms with E-state index in [2.05, 4.69) is 15.2 Å². The number of pyridine rings is 1. The van der Waals surface area contributed by atoms with E-state index >= 15 is 0 Å². The number of aryl methyl sites for hydroxylation is 2. The van der Waals surface area contributed by atoms with Gasteiger partial charge in [0.2, 0.25) is 0 Å². The quantitative estimate of drug-likeness (QED) is 0.448. The van der Waals surface area contributed by atoms with Gasteiger partial charge < -0.3 is 14.9 Å². The van der Waals surface area contributed by atoms with Crippen LogP contribution in [0.4, 0.5) is 0 Å². The standard InChI is InChI=1S/C20H25N5O3/c1-12-15(13(2)23-22-12)18(26)16-17(14-6-8-21-9-7-14)25(20(28)19(16)27)11-5-10-24(3)4/h6-9,17,26H,5,10-11H2,1-4H3,(H,22,23)/b18-16+. The van der Waals surface area contributed by atoms with Crippen molar-refractivity contribution in [1.82, 2.24) is 25.0 Å². The molecule has 148 valence electrons. The van der Waals surface area contributed by atoms with Crippen molar-refractivity contribution >= 4 is 17.4 Å². The maximum absolute atomic E-state index is 12.9. The van der Waals surface area contributed by atoms with Gasteiger partial charge in [0.15, 0.2) is 0 Å². The Morgan fingerprint density at radius 3 is 2.50 bits per heavy atom. The van der Waals surface area contributed by atoms with Crippen LogP contribution in [0.2, 0.25) is 0 Å². The van der Waals surface area contributed by atoms with Gasteiger partial charge in [-0.15, -0.1) is 0 Å². The molecule has 0 bridgehead atoms. The van der Waals surface area contributed by atoms with Crippen LogP contribution in [0.25, 0.3) is 5.76 Å². The normalized spacial score (nSPS) is 19.0. The number of aliphatic hydroxyl groups excluding tert-OH is 1. The summed E-state index contributed by atoms with van der Waals surface area (Å²) in [6, 6.07) is 2.87. The molecule has 1 unspecified atom stereocenters. The number of amides is 1. The lowest BCUT2D eigenvalue weighted by Gasteiger charge is -2.25. The van der Waals surface area contributed by atoms with Crippen LogP contribution in [0.1, 0.15) is 35.0 Å². The van der Waals surface area contributed by atoms with Crippen molar-refractivity contribution in [3.05, 3.63) is 52.6 Å². The van der Waals surface area contributed by atoms with Crippen LogP contribution >= 0.6 is 0 Å². The van der Waals surface area contributed by atoms with E-state index in [0.29, 0.717) is 29.9 Å². The minimum Gasteiger partial charge on any atom is -0.507 e. The average Bonchev–Trinajstić information content (AvgIpc) is 3.12. The molecule has 1 aliphatic heterocycles. The van der Waals surface area contributed by atoms with Gasteiger partial charge in [0, 0.05) is 24.6 Å². The molecule has 1 amide bonds. The molecule has 2 aromatic rings. The Hall–Kier alpha value is -3.00. The molecule has 1 saturated heterocycles. The highest BCUT2D eigenvalue weighted by molar-refractivity contribution is 6.46. The van der Waals surface area contributed by atoms with Gasteiger partial charge in [0.25, 0.3) is 11.7 Å². The number of H-pyrrole nitrogens is 1. The third kappa shape index (κ3) is 3.55. The zero-order valence-electron chi connectivity index (χ0n) is 16.6. The third-order valence-corrected chi connectivity index (χ3v) is 4.93. The van der Waals surface area contributed by atoms with Gasteiger partial charge in [0.05, 0.1) is 22.9 Å². The number of rotatable bonds is 6. The maximum atomic E-state index is 12.9. The molecular formula is C20H25N5O3. The lowest BCUT2D eigenvalue weighted by atomic mass is 9.95. The smallest absolute Gasteiger partial charge is 0.295 e. The number of carbonyl (C=O) groups is 2. The van der Waals surface area contributed by atoms with Crippen LogP contribution in [0.3, 0.4) is 0 Å². The number of carbonyl (C=O) groups excluding carboxylic acids is 2. The highest BCUT2D eigenvalue weighted by Crippen LogP contribution is 2.39. The van der Waals surface area contributed by atoms with Crippen LogP contribution in [-0.4, -0.2) is 69.0 Å². The van der Waals surface area contributed by atoms with E-state index in [-0.39, 0.29) is 11.3 Å². The summed E-state index contributed by atoms with van der Waals surface area (Å²) in [7, 11) is 3.91. The minimum absolute atomic E-state index is 0.0913. The number of likely N-dealkylation sites (tertiary alicyclic amines) is 1. The van der Waals surface area contributed by atoms with Gasteiger partial charge in [-0.3, -0.25) is 19.7 Å². The Bertz CT molecular complexity index is 898. The Morgan fingerprint density at radius 1 is 1.25 bits per heavy atom. The molecule has 1 aliphatic rings. The molecule has 3 heterocycles. The molecule has 3 rings (SSSR count). The Labute approximate surface area is 163 Å². The number of nitrogens with one attached hydrogen (secondary N) is 1. The fraction of sp³-hybridized carbons (Fsp3) is 0.400. The van der Waals surface area contributed by atoms with Crippen molar-refractivity contribution in [3.63, 3.8) is 0 Å². The molecule has 2 aromatic heterocycles. The fourth-order valence-corrected chi connectivity index (χ4v) is 3.59. The molecule has 0 radical (unpaired) electrons. The second kappa shape index (κ2) is 7.93. The monoisotopic (exact) mass is 383 g/mol. The summed E-state index contributed by atoms with van der Waals surface area (Å²) in [6.45, 7) is 4.71. The summed E-state index contributed by atoms with van der Waals surface area (Å²) in [5.41, 5.74) is 2.50. The molecule has 8 nitrogen and oxygen atoms in total. The van der Waals surface area contributed by atoms with Crippen LogP contribution in [0, 0.1) is 13.8 Å². The number of aliphatic hydroxyl groups is 1. The highest BCUT2D eigenvalue weighted by atomic mass is 16.3. The van der Waals surface area contributed by atoms with Crippen LogP contribution in [0.5, 0.6) is 0 Å². The van der Waals surface area contributed by atoms with E-state index in [4.69, 9.17) is 0 Å². The average molecular weight is 383 g/mol. The Balaban J connectivity index is 2.10. The van der Waals surface area contributed by atoms with Gasteiger partial charge in [-0.2, -0.15) is 5.10 Å². The first kappa shape index (κ1) is 19.8. The first-order chi connectivity index (χ1) is 13.3. The number of ketones is 1. The van der Waals surface area contributed by atoms with Crippen molar-refractivity contribution in [3.8, 4) is 0 Å². The van der Waals surface area contributed by atoms with Gasteiger partial charge in [-0.1, -0.05) is 0 Å². The van der Waals surface area contributed by atoms with E-state index < -0.39 is 17.7 Å². The SMILES string of the molecule is Cc1n[nH]c(C)c1/C(O)=C1\C(=O)C(=O)N(CCCN(C)C)C1c1ccncc1. The molecule has 0 aliphatic carbocycles. The van der Waals surface area contributed by atoms with Crippen molar-refractivity contribution < 1.29 is 14.7 Å². The minimum atomic E-state index is -0.677. The van der Waals surface area contributed by atoms with Gasteiger partial charge in [-0.05, 0) is 58.6 Å². The van der Waals surface area contributed by atoms with Gasteiger partial charge in [-0.25, -0.2) is 0 Å². The van der Waals surface area contributed by atoms with E-state index in [9.17, 15) is 14.7 Å². The lowest BCUT2D eigenvalue weighted by molar-refractivity contribution is -0.139. The number of hydrogen-bond acceptors (Lipinski definition) is 6. The van der Waals surface area contributed by atoms with Crippen LogP contribution in [-0.2, 0) is 9.59 Å². The van der Waals surface area contributed by atoms with Gasteiger partial charge >= 0.3 is 0 Å². The molecule has 2 N–H and O–H groups in total. The fourth-order valence-electron chi connectivity index (χ4n) is 3.59. The lowest BCUT2D eigenvalue weighted by Crippen LogP contribution is -2.32. The summed E-state index contributed by atoms with van der Waals surface area (Å²) in [4.78, 5) is 33.3. The zero-order chi connectivity index (χ0) is 20.4. The third-order valence-electron chi connectivity index (χ3n) is 4.93.